The molecule has 0 bridgehead atoms. The number of nitrogens with zero attached hydrogens (tertiary/aromatic N) is 1. The van der Waals surface area contributed by atoms with Crippen molar-refractivity contribution in [3.8, 4) is 0 Å². The fourth-order valence-corrected chi connectivity index (χ4v) is 5.31. The van der Waals surface area contributed by atoms with E-state index in [0.717, 1.165) is 6.26 Å². The molecule has 0 aromatic heterocycles. The van der Waals surface area contributed by atoms with Gasteiger partial charge in [0.1, 0.15) is 0 Å². The molecule has 1 saturated heterocycles. The molecule has 1 aliphatic rings. The van der Waals surface area contributed by atoms with Gasteiger partial charge in [-0.3, -0.25) is 0 Å². The first kappa shape index (κ1) is 16.9. The van der Waals surface area contributed by atoms with Crippen molar-refractivity contribution in [2.45, 2.75) is 28.7 Å². The molecular weight excluding hydrogens is 380 g/mol. The third-order valence-electron chi connectivity index (χ3n) is 3.45. The van der Waals surface area contributed by atoms with E-state index in [1.165, 1.54) is 22.5 Å². The Kier molecular flexibility index (Phi) is 4.79. The normalized spacial score (nSPS) is 18.8. The third-order valence-corrected chi connectivity index (χ3v) is 7.45. The molecule has 21 heavy (non-hydrogen) atoms. The number of nitrogens with two attached hydrogens (primary N) is 1. The van der Waals surface area contributed by atoms with Gasteiger partial charge in [-0.2, -0.15) is 4.31 Å². The van der Waals surface area contributed by atoms with E-state index in [-0.39, 0.29) is 15.8 Å². The second kappa shape index (κ2) is 5.96. The van der Waals surface area contributed by atoms with Gasteiger partial charge in [0.2, 0.25) is 10.0 Å². The molecule has 9 heteroatoms. The summed E-state index contributed by atoms with van der Waals surface area (Å²) in [5.74, 6) is 0. The first-order valence-corrected chi connectivity index (χ1v) is 10.5. The number of rotatable bonds is 3. The minimum absolute atomic E-state index is 0.0158. The second-order valence-corrected chi connectivity index (χ2v) is 9.88. The molecule has 6 nitrogen and oxygen atoms in total. The molecule has 0 saturated carbocycles. The van der Waals surface area contributed by atoms with Gasteiger partial charge in [-0.1, -0.05) is 0 Å². The molecule has 0 radical (unpaired) electrons. The molecule has 0 spiro atoms. The van der Waals surface area contributed by atoms with E-state index in [4.69, 9.17) is 5.73 Å². The number of piperidine rings is 1. The summed E-state index contributed by atoms with van der Waals surface area (Å²) >= 11 is 3.19. The maximum atomic E-state index is 12.7. The number of sulfonamides is 1. The summed E-state index contributed by atoms with van der Waals surface area (Å²) in [7, 11) is -7.20. The predicted octanol–water partition coefficient (Wildman–Crippen LogP) is 0.964. The Morgan fingerprint density at radius 3 is 2.29 bits per heavy atom. The maximum absolute atomic E-state index is 12.7. The Hall–Kier alpha value is -0.480. The predicted molar refractivity (Wildman–Crippen MR) is 83.2 cm³/mol. The van der Waals surface area contributed by atoms with E-state index >= 15 is 0 Å². The van der Waals surface area contributed by atoms with E-state index in [1.807, 2.05) is 0 Å². The summed E-state index contributed by atoms with van der Waals surface area (Å²) in [6.07, 6.45) is 2.25. The highest BCUT2D eigenvalue weighted by molar-refractivity contribution is 9.10. The molecule has 0 amide bonds. The zero-order chi connectivity index (χ0) is 15.8. The maximum Gasteiger partial charge on any atom is 0.244 e. The summed E-state index contributed by atoms with van der Waals surface area (Å²) in [6, 6.07) is 4.04. The van der Waals surface area contributed by atoms with Crippen LogP contribution in [0.3, 0.4) is 0 Å². The Morgan fingerprint density at radius 1 is 1.19 bits per heavy atom. The Balaban J connectivity index is 2.45. The van der Waals surface area contributed by atoms with Gasteiger partial charge in [0.05, 0.1) is 9.79 Å². The summed E-state index contributed by atoms with van der Waals surface area (Å²) in [6.45, 7) is 0.693. The average Bonchev–Trinajstić information content (AvgIpc) is 2.38. The molecule has 1 aromatic rings. The van der Waals surface area contributed by atoms with Gasteiger partial charge in [-0.05, 0) is 47.0 Å². The molecule has 1 aliphatic heterocycles. The molecule has 118 valence electrons. The molecule has 2 N–H and O–H groups in total. The zero-order valence-corrected chi connectivity index (χ0v) is 14.7. The zero-order valence-electron chi connectivity index (χ0n) is 11.5. The number of sulfone groups is 1. The quantitative estimate of drug-likeness (QED) is 0.820. The summed E-state index contributed by atoms with van der Waals surface area (Å²) in [5, 5.41) is 0. The molecule has 1 fully saturated rings. The SMILES string of the molecule is CS(=O)(=O)c1ccc(Br)c(S(=O)(=O)N2CCC(N)CC2)c1. The van der Waals surface area contributed by atoms with Crippen LogP contribution in [0.5, 0.6) is 0 Å². The van der Waals surface area contributed by atoms with Gasteiger partial charge in [0, 0.05) is 29.9 Å². The van der Waals surface area contributed by atoms with Crippen molar-refractivity contribution in [1.29, 1.82) is 0 Å². The largest absolute Gasteiger partial charge is 0.328 e. The average molecular weight is 397 g/mol. The van der Waals surface area contributed by atoms with Gasteiger partial charge < -0.3 is 5.73 Å². The molecular formula is C12H17BrN2O4S2. The van der Waals surface area contributed by atoms with E-state index in [9.17, 15) is 16.8 Å². The van der Waals surface area contributed by atoms with Gasteiger partial charge in [-0.15, -0.1) is 0 Å². The van der Waals surface area contributed by atoms with E-state index < -0.39 is 19.9 Å². The smallest absolute Gasteiger partial charge is 0.244 e. The van der Waals surface area contributed by atoms with Crippen LogP contribution in [-0.4, -0.2) is 46.5 Å². The van der Waals surface area contributed by atoms with Gasteiger partial charge >= 0.3 is 0 Å². The van der Waals surface area contributed by atoms with Crippen LogP contribution in [0.2, 0.25) is 0 Å². The third kappa shape index (κ3) is 3.65. The van der Waals surface area contributed by atoms with Crippen molar-refractivity contribution in [1.82, 2.24) is 4.31 Å². The van der Waals surface area contributed by atoms with Crippen LogP contribution in [0, 0.1) is 0 Å². The number of benzene rings is 1. The van der Waals surface area contributed by atoms with Crippen molar-refractivity contribution < 1.29 is 16.8 Å². The van der Waals surface area contributed by atoms with Gasteiger partial charge in [-0.25, -0.2) is 16.8 Å². The van der Waals surface area contributed by atoms with Crippen molar-refractivity contribution in [2.24, 2.45) is 5.73 Å². The number of halogens is 1. The summed E-state index contributed by atoms with van der Waals surface area (Å²) in [4.78, 5) is -0.0427. The first-order chi connectivity index (χ1) is 9.62. The topological polar surface area (TPSA) is 97.5 Å². The van der Waals surface area contributed by atoms with Crippen LogP contribution in [-0.2, 0) is 19.9 Å². The second-order valence-electron chi connectivity index (χ2n) is 5.11. The molecule has 0 unspecified atom stereocenters. The minimum Gasteiger partial charge on any atom is -0.328 e. The van der Waals surface area contributed by atoms with Crippen molar-refractivity contribution in [3.63, 3.8) is 0 Å². The highest BCUT2D eigenvalue weighted by Crippen LogP contribution is 2.29. The van der Waals surface area contributed by atoms with Crippen molar-refractivity contribution >= 4 is 35.8 Å². The fourth-order valence-electron chi connectivity index (χ4n) is 2.17. The first-order valence-electron chi connectivity index (χ1n) is 6.38. The summed E-state index contributed by atoms with van der Waals surface area (Å²) < 4.78 is 50.2. The van der Waals surface area contributed by atoms with Crippen LogP contribution >= 0.6 is 15.9 Å². The Labute approximate surface area is 133 Å². The molecule has 0 aliphatic carbocycles. The molecule has 2 rings (SSSR count). The lowest BCUT2D eigenvalue weighted by atomic mass is 10.1. The van der Waals surface area contributed by atoms with Gasteiger partial charge in [0.25, 0.3) is 0 Å². The van der Waals surface area contributed by atoms with E-state index in [2.05, 4.69) is 15.9 Å². The highest BCUT2D eigenvalue weighted by atomic mass is 79.9. The van der Waals surface area contributed by atoms with Crippen LogP contribution in [0.1, 0.15) is 12.8 Å². The number of hydrogen-bond donors (Lipinski definition) is 1. The number of hydrogen-bond acceptors (Lipinski definition) is 5. The monoisotopic (exact) mass is 396 g/mol. The summed E-state index contributed by atoms with van der Waals surface area (Å²) in [5.41, 5.74) is 5.78. The standard InChI is InChI=1S/C12H17BrN2O4S2/c1-20(16,17)10-2-3-11(13)12(8-10)21(18,19)15-6-4-9(14)5-7-15/h2-3,8-9H,4-7,14H2,1H3. The Morgan fingerprint density at radius 2 is 1.76 bits per heavy atom. The molecule has 0 atom stereocenters. The lowest BCUT2D eigenvalue weighted by Crippen LogP contribution is -2.42. The Bertz CT molecular complexity index is 739. The molecule has 1 aromatic carbocycles. The van der Waals surface area contributed by atoms with E-state index in [0.29, 0.717) is 30.4 Å². The fraction of sp³-hybridized carbons (Fsp3) is 0.500. The van der Waals surface area contributed by atoms with Crippen molar-refractivity contribution in [2.75, 3.05) is 19.3 Å². The van der Waals surface area contributed by atoms with Gasteiger partial charge in [0.15, 0.2) is 9.84 Å². The lowest BCUT2D eigenvalue weighted by molar-refractivity contribution is 0.320. The van der Waals surface area contributed by atoms with Crippen LogP contribution < -0.4 is 5.73 Å². The van der Waals surface area contributed by atoms with Crippen LogP contribution in [0.25, 0.3) is 0 Å². The van der Waals surface area contributed by atoms with Crippen molar-refractivity contribution in [3.05, 3.63) is 22.7 Å². The van der Waals surface area contributed by atoms with Crippen LogP contribution in [0.4, 0.5) is 0 Å². The molecule has 1 heterocycles. The highest BCUT2D eigenvalue weighted by Gasteiger charge is 2.30. The van der Waals surface area contributed by atoms with E-state index in [1.54, 1.807) is 0 Å². The van der Waals surface area contributed by atoms with Crippen LogP contribution in [0.15, 0.2) is 32.5 Å². The lowest BCUT2D eigenvalue weighted by Gasteiger charge is -2.29. The minimum atomic E-state index is -3.73.